The normalized spacial score (nSPS) is 11.9. The van der Waals surface area contributed by atoms with E-state index < -0.39 is 7.59 Å². The summed E-state index contributed by atoms with van der Waals surface area (Å²) in [6, 6.07) is 12.2. The summed E-state index contributed by atoms with van der Waals surface area (Å²) in [5.41, 5.74) is 2.40. The van der Waals surface area contributed by atoms with Crippen molar-refractivity contribution in [3.8, 4) is 34.3 Å². The van der Waals surface area contributed by atoms with Crippen molar-refractivity contribution in [2.75, 3.05) is 14.2 Å². The largest absolute Gasteiger partial charge is 0.493 e. The van der Waals surface area contributed by atoms with Crippen molar-refractivity contribution in [2.45, 2.75) is 7.59 Å². The minimum Gasteiger partial charge on any atom is -0.493 e. The standard InChI is InChI=1S/C23H15Cl6N5O3/c1-11(14-8-9-15(35-2)16(10-14)36-3)18-33-34-19(37-18)13-6-4-12(5-7-13)17-30-20(22(24,25)26)32-21(31-17)23(27,28)29/h4-10H,1H2,2-3H3. The summed E-state index contributed by atoms with van der Waals surface area (Å²) in [7, 11) is 3.11. The lowest BCUT2D eigenvalue weighted by atomic mass is 10.1. The van der Waals surface area contributed by atoms with Crippen LogP contribution in [0.4, 0.5) is 0 Å². The van der Waals surface area contributed by atoms with E-state index in [0.717, 1.165) is 5.56 Å². The van der Waals surface area contributed by atoms with Crippen molar-refractivity contribution in [1.82, 2.24) is 25.1 Å². The summed E-state index contributed by atoms with van der Waals surface area (Å²) in [5, 5.41) is 8.24. The molecule has 0 aliphatic heterocycles. The molecule has 0 saturated carbocycles. The molecule has 0 N–H and O–H groups in total. The second-order valence-corrected chi connectivity index (χ2v) is 11.9. The summed E-state index contributed by atoms with van der Waals surface area (Å²) < 4.78 is 12.5. The van der Waals surface area contributed by atoms with Gasteiger partial charge in [0.05, 0.1) is 14.2 Å². The molecule has 0 spiro atoms. The zero-order valence-electron chi connectivity index (χ0n) is 19.0. The van der Waals surface area contributed by atoms with Crippen LogP contribution in [-0.2, 0) is 7.59 Å². The Labute approximate surface area is 241 Å². The lowest BCUT2D eigenvalue weighted by molar-refractivity contribution is 0.355. The molecule has 0 fully saturated rings. The average molecular weight is 622 g/mol. The van der Waals surface area contributed by atoms with Crippen LogP contribution in [0.15, 0.2) is 53.5 Å². The molecule has 0 atom stereocenters. The molecule has 0 aliphatic rings. The van der Waals surface area contributed by atoms with Gasteiger partial charge in [0.15, 0.2) is 29.0 Å². The zero-order chi connectivity index (χ0) is 27.0. The Morgan fingerprint density at radius 1 is 0.757 bits per heavy atom. The van der Waals surface area contributed by atoms with Crippen LogP contribution in [0.1, 0.15) is 23.1 Å². The maximum atomic E-state index is 5.95. The Morgan fingerprint density at radius 3 is 1.86 bits per heavy atom. The van der Waals surface area contributed by atoms with Crippen molar-refractivity contribution in [3.05, 3.63) is 72.1 Å². The second kappa shape index (κ2) is 10.8. The van der Waals surface area contributed by atoms with Crippen LogP contribution in [0.3, 0.4) is 0 Å². The molecule has 4 aromatic rings. The van der Waals surface area contributed by atoms with Gasteiger partial charge in [-0.25, -0.2) is 15.0 Å². The predicted octanol–water partition coefficient (Wildman–Crippen LogP) is 7.32. The van der Waals surface area contributed by atoms with Gasteiger partial charge in [0.1, 0.15) is 0 Å². The van der Waals surface area contributed by atoms with Crippen LogP contribution in [0.2, 0.25) is 0 Å². The van der Waals surface area contributed by atoms with E-state index in [-0.39, 0.29) is 29.3 Å². The number of nitrogens with zero attached hydrogens (tertiary/aromatic N) is 5. The van der Waals surface area contributed by atoms with Gasteiger partial charge in [-0.15, -0.1) is 10.2 Å². The van der Waals surface area contributed by atoms with Gasteiger partial charge in [-0.3, -0.25) is 0 Å². The Morgan fingerprint density at radius 2 is 1.32 bits per heavy atom. The number of hydrogen-bond acceptors (Lipinski definition) is 8. The number of alkyl halides is 6. The van der Waals surface area contributed by atoms with Gasteiger partial charge in [-0.05, 0) is 29.8 Å². The Kier molecular flexibility index (Phi) is 8.09. The molecular weight excluding hydrogens is 607 g/mol. The van der Waals surface area contributed by atoms with E-state index in [1.165, 1.54) is 0 Å². The molecule has 8 nitrogen and oxygen atoms in total. The first-order valence-electron chi connectivity index (χ1n) is 10.2. The molecule has 0 radical (unpaired) electrons. The van der Waals surface area contributed by atoms with Gasteiger partial charge in [0, 0.05) is 16.7 Å². The Hall–Kier alpha value is -2.33. The van der Waals surface area contributed by atoms with E-state index in [1.54, 1.807) is 50.6 Å². The summed E-state index contributed by atoms with van der Waals surface area (Å²) in [6.07, 6.45) is 0. The Balaban J connectivity index is 1.62. The third-order valence-electron chi connectivity index (χ3n) is 4.95. The topological polar surface area (TPSA) is 96.1 Å². The van der Waals surface area contributed by atoms with E-state index in [2.05, 4.69) is 31.7 Å². The van der Waals surface area contributed by atoms with Crippen LogP contribution in [0.5, 0.6) is 11.5 Å². The molecule has 0 unspecified atom stereocenters. The quantitative estimate of drug-likeness (QED) is 0.207. The first kappa shape index (κ1) is 27.7. The lowest BCUT2D eigenvalue weighted by Gasteiger charge is -2.15. The highest BCUT2D eigenvalue weighted by Crippen LogP contribution is 2.41. The number of aromatic nitrogens is 5. The number of halogens is 6. The molecule has 2 aromatic carbocycles. The molecule has 192 valence electrons. The molecule has 0 bridgehead atoms. The van der Waals surface area contributed by atoms with E-state index in [1.807, 2.05) is 6.07 Å². The van der Waals surface area contributed by atoms with Gasteiger partial charge < -0.3 is 13.9 Å². The van der Waals surface area contributed by atoms with Crippen molar-refractivity contribution in [1.29, 1.82) is 0 Å². The molecule has 2 aromatic heterocycles. The number of rotatable bonds is 6. The van der Waals surface area contributed by atoms with Crippen LogP contribution in [0, 0.1) is 0 Å². The van der Waals surface area contributed by atoms with Crippen molar-refractivity contribution < 1.29 is 13.9 Å². The summed E-state index contributed by atoms with van der Waals surface area (Å²) in [6.45, 7) is 4.06. The van der Waals surface area contributed by atoms with E-state index in [9.17, 15) is 0 Å². The molecule has 0 aliphatic carbocycles. The molecule has 4 rings (SSSR count). The van der Waals surface area contributed by atoms with Crippen LogP contribution in [-0.4, -0.2) is 39.4 Å². The highest BCUT2D eigenvalue weighted by molar-refractivity contribution is 6.67. The fourth-order valence-electron chi connectivity index (χ4n) is 3.13. The van der Waals surface area contributed by atoms with E-state index in [0.29, 0.717) is 28.2 Å². The Bertz CT molecular complexity index is 1420. The maximum Gasteiger partial charge on any atom is 0.250 e. The van der Waals surface area contributed by atoms with E-state index in [4.69, 9.17) is 83.5 Å². The highest BCUT2D eigenvalue weighted by Gasteiger charge is 2.34. The van der Waals surface area contributed by atoms with Crippen molar-refractivity contribution in [3.63, 3.8) is 0 Å². The molecule has 14 heteroatoms. The number of methoxy groups -OCH3 is 2. The number of benzene rings is 2. The van der Waals surface area contributed by atoms with Gasteiger partial charge in [-0.1, -0.05) is 94.4 Å². The van der Waals surface area contributed by atoms with Crippen molar-refractivity contribution >= 4 is 75.2 Å². The first-order chi connectivity index (χ1) is 17.4. The molecule has 2 heterocycles. The summed E-state index contributed by atoms with van der Waals surface area (Å²) >= 11 is 35.7. The summed E-state index contributed by atoms with van der Waals surface area (Å²) in [4.78, 5) is 12.4. The van der Waals surface area contributed by atoms with Gasteiger partial charge in [-0.2, -0.15) is 0 Å². The smallest absolute Gasteiger partial charge is 0.250 e. The molecular formula is C23H15Cl6N5O3. The van der Waals surface area contributed by atoms with Gasteiger partial charge >= 0.3 is 0 Å². The van der Waals surface area contributed by atoms with Gasteiger partial charge in [0.25, 0.3) is 0 Å². The lowest BCUT2D eigenvalue weighted by Crippen LogP contribution is -2.16. The van der Waals surface area contributed by atoms with Crippen molar-refractivity contribution in [2.24, 2.45) is 0 Å². The number of hydrogen-bond donors (Lipinski definition) is 0. The zero-order valence-corrected chi connectivity index (χ0v) is 23.5. The molecule has 0 amide bonds. The molecule has 0 saturated heterocycles. The fourth-order valence-corrected chi connectivity index (χ4v) is 3.64. The fraction of sp³-hybridized carbons (Fsp3) is 0.174. The average Bonchev–Trinajstić information content (AvgIpc) is 3.37. The molecule has 37 heavy (non-hydrogen) atoms. The third kappa shape index (κ3) is 6.22. The first-order valence-corrected chi connectivity index (χ1v) is 12.4. The van der Waals surface area contributed by atoms with Crippen LogP contribution < -0.4 is 9.47 Å². The van der Waals surface area contributed by atoms with Crippen LogP contribution in [0.25, 0.3) is 28.4 Å². The monoisotopic (exact) mass is 619 g/mol. The highest BCUT2D eigenvalue weighted by atomic mass is 35.6. The minimum absolute atomic E-state index is 0.136. The third-order valence-corrected chi connectivity index (χ3v) is 5.96. The van der Waals surface area contributed by atoms with Crippen LogP contribution >= 0.6 is 69.6 Å². The SMILES string of the molecule is C=C(c1ccc(OC)c(OC)c1)c1nnc(-c2ccc(-c3nc(C(Cl)(Cl)Cl)nc(C(Cl)(Cl)Cl)n3)cc2)o1. The van der Waals surface area contributed by atoms with E-state index >= 15 is 0 Å². The minimum atomic E-state index is -1.96. The maximum absolute atomic E-state index is 5.95. The van der Waals surface area contributed by atoms with Gasteiger partial charge in [0.2, 0.25) is 19.4 Å². The second-order valence-electron chi connectivity index (χ2n) is 7.34. The number of ether oxygens (including phenoxy) is 2. The summed E-state index contributed by atoms with van der Waals surface area (Å²) in [5.74, 6) is 1.39. The predicted molar refractivity (Wildman–Crippen MR) is 145 cm³/mol.